The van der Waals surface area contributed by atoms with Crippen molar-refractivity contribution < 1.29 is 9.26 Å². The van der Waals surface area contributed by atoms with Gasteiger partial charge in [0.1, 0.15) is 5.75 Å². The molecule has 0 fully saturated rings. The summed E-state index contributed by atoms with van der Waals surface area (Å²) < 4.78 is 12.2. The van der Waals surface area contributed by atoms with Gasteiger partial charge in [0.25, 0.3) is 5.89 Å². The highest BCUT2D eigenvalue weighted by molar-refractivity contribution is 9.10. The van der Waals surface area contributed by atoms with Crippen LogP contribution in [0, 0.1) is 6.92 Å². The van der Waals surface area contributed by atoms with Gasteiger partial charge in [0.2, 0.25) is 5.82 Å². The molecule has 1 unspecified atom stereocenters. The summed E-state index contributed by atoms with van der Waals surface area (Å²) in [6, 6.07) is 15.6. The monoisotopic (exact) mass is 358 g/mol. The minimum absolute atomic E-state index is 0.307. The molecule has 0 saturated carbocycles. The summed E-state index contributed by atoms with van der Waals surface area (Å²) >= 11 is 3.41. The van der Waals surface area contributed by atoms with Crippen molar-refractivity contribution in [1.29, 1.82) is 0 Å². The summed E-state index contributed by atoms with van der Waals surface area (Å²) in [5.74, 6) is 1.80. The summed E-state index contributed by atoms with van der Waals surface area (Å²) in [7, 11) is 0. The Morgan fingerprint density at radius 1 is 1.14 bits per heavy atom. The molecule has 0 spiro atoms. The average molecular weight is 359 g/mol. The summed E-state index contributed by atoms with van der Waals surface area (Å²) in [4.78, 5) is 4.41. The van der Waals surface area contributed by atoms with E-state index in [1.54, 1.807) is 0 Å². The highest BCUT2D eigenvalue weighted by Crippen LogP contribution is 2.24. The van der Waals surface area contributed by atoms with E-state index in [0.717, 1.165) is 21.3 Å². The maximum absolute atomic E-state index is 5.85. The first-order valence-corrected chi connectivity index (χ1v) is 7.74. The summed E-state index contributed by atoms with van der Waals surface area (Å²) in [6.07, 6.45) is -0.307. The van der Waals surface area contributed by atoms with Crippen LogP contribution in [0.1, 0.15) is 24.5 Å². The zero-order valence-electron chi connectivity index (χ0n) is 12.3. The maximum Gasteiger partial charge on any atom is 0.267 e. The van der Waals surface area contributed by atoms with Crippen LogP contribution in [-0.4, -0.2) is 10.1 Å². The zero-order valence-corrected chi connectivity index (χ0v) is 13.9. The minimum atomic E-state index is -0.307. The van der Waals surface area contributed by atoms with Crippen molar-refractivity contribution in [2.24, 2.45) is 0 Å². The molecule has 3 rings (SSSR count). The van der Waals surface area contributed by atoms with Crippen LogP contribution >= 0.6 is 15.9 Å². The molecule has 5 heteroatoms. The normalized spacial score (nSPS) is 12.1. The van der Waals surface area contributed by atoms with E-state index in [0.29, 0.717) is 11.7 Å². The van der Waals surface area contributed by atoms with Crippen LogP contribution in [0.5, 0.6) is 5.75 Å². The molecule has 0 aliphatic carbocycles. The number of aryl methyl sites for hydroxylation is 1. The molecule has 0 bridgehead atoms. The molecule has 1 atom stereocenters. The van der Waals surface area contributed by atoms with Gasteiger partial charge in [-0.25, -0.2) is 0 Å². The number of hydrogen-bond acceptors (Lipinski definition) is 4. The van der Waals surface area contributed by atoms with E-state index in [4.69, 9.17) is 9.26 Å². The molecule has 4 nitrogen and oxygen atoms in total. The van der Waals surface area contributed by atoms with Crippen LogP contribution < -0.4 is 4.74 Å². The van der Waals surface area contributed by atoms with Crippen molar-refractivity contribution in [3.8, 4) is 17.1 Å². The third-order valence-electron chi connectivity index (χ3n) is 3.19. The van der Waals surface area contributed by atoms with Crippen molar-refractivity contribution in [1.82, 2.24) is 10.1 Å². The maximum atomic E-state index is 5.85. The Balaban J connectivity index is 1.76. The van der Waals surface area contributed by atoms with Crippen molar-refractivity contribution in [2.75, 3.05) is 0 Å². The molecule has 1 heterocycles. The molecule has 0 aliphatic heterocycles. The van der Waals surface area contributed by atoms with Gasteiger partial charge in [-0.1, -0.05) is 33.2 Å². The van der Waals surface area contributed by atoms with Crippen molar-refractivity contribution in [3.63, 3.8) is 0 Å². The molecule has 0 aliphatic rings. The van der Waals surface area contributed by atoms with Gasteiger partial charge in [-0.15, -0.1) is 0 Å². The van der Waals surface area contributed by atoms with E-state index in [1.165, 1.54) is 0 Å². The van der Waals surface area contributed by atoms with Crippen LogP contribution in [0.4, 0.5) is 0 Å². The average Bonchev–Trinajstić information content (AvgIpc) is 2.98. The summed E-state index contributed by atoms with van der Waals surface area (Å²) in [5, 5.41) is 4.01. The fraction of sp³-hybridized carbons (Fsp3) is 0.176. The van der Waals surface area contributed by atoms with Crippen molar-refractivity contribution >= 4 is 15.9 Å². The number of hydrogen-bond donors (Lipinski definition) is 0. The Hall–Kier alpha value is -2.14. The van der Waals surface area contributed by atoms with Gasteiger partial charge in [-0.05, 0) is 55.8 Å². The lowest BCUT2D eigenvalue weighted by Gasteiger charge is -2.10. The SMILES string of the molecule is Cc1cccc(OC(C)c2nc(-c3ccc(Br)cc3)no2)c1. The van der Waals surface area contributed by atoms with Gasteiger partial charge < -0.3 is 9.26 Å². The number of ether oxygens (including phenoxy) is 1. The Kier molecular flexibility index (Phi) is 4.24. The molecule has 1 aromatic heterocycles. The fourth-order valence-electron chi connectivity index (χ4n) is 2.06. The second-order valence-electron chi connectivity index (χ2n) is 5.04. The molecule has 3 aromatic rings. The zero-order chi connectivity index (χ0) is 15.5. The topological polar surface area (TPSA) is 48.2 Å². The van der Waals surface area contributed by atoms with Crippen LogP contribution in [0.2, 0.25) is 0 Å². The molecule has 2 aromatic carbocycles. The second kappa shape index (κ2) is 6.32. The lowest BCUT2D eigenvalue weighted by atomic mass is 10.2. The highest BCUT2D eigenvalue weighted by atomic mass is 79.9. The molecule has 0 N–H and O–H groups in total. The molecule has 0 radical (unpaired) electrons. The lowest BCUT2D eigenvalue weighted by molar-refractivity contribution is 0.175. The van der Waals surface area contributed by atoms with Gasteiger partial charge in [-0.3, -0.25) is 0 Å². The summed E-state index contributed by atoms with van der Waals surface area (Å²) in [5.41, 5.74) is 2.05. The largest absolute Gasteiger partial charge is 0.481 e. The van der Waals surface area contributed by atoms with E-state index < -0.39 is 0 Å². The van der Waals surface area contributed by atoms with E-state index in [9.17, 15) is 0 Å². The molecule has 112 valence electrons. The predicted molar refractivity (Wildman–Crippen MR) is 87.7 cm³/mol. The molecular formula is C17H15BrN2O2. The quantitative estimate of drug-likeness (QED) is 0.662. The first-order chi connectivity index (χ1) is 10.6. The van der Waals surface area contributed by atoms with Gasteiger partial charge in [0.05, 0.1) is 0 Å². The first-order valence-electron chi connectivity index (χ1n) is 6.95. The Bertz CT molecular complexity index is 768. The Labute approximate surface area is 137 Å². The minimum Gasteiger partial charge on any atom is -0.481 e. The van der Waals surface area contributed by atoms with Gasteiger partial charge >= 0.3 is 0 Å². The molecule has 0 saturated heterocycles. The smallest absolute Gasteiger partial charge is 0.267 e. The van der Waals surface area contributed by atoms with Gasteiger partial charge in [0, 0.05) is 10.0 Å². The predicted octanol–water partition coefficient (Wildman–Crippen LogP) is 4.95. The number of nitrogens with zero attached hydrogens (tertiary/aromatic N) is 2. The fourth-order valence-corrected chi connectivity index (χ4v) is 2.32. The van der Waals surface area contributed by atoms with Crippen LogP contribution in [0.25, 0.3) is 11.4 Å². The number of benzene rings is 2. The van der Waals surface area contributed by atoms with E-state index in [-0.39, 0.29) is 6.10 Å². The third kappa shape index (κ3) is 3.36. The number of aromatic nitrogens is 2. The van der Waals surface area contributed by atoms with Crippen molar-refractivity contribution in [2.45, 2.75) is 20.0 Å². The van der Waals surface area contributed by atoms with Crippen LogP contribution in [-0.2, 0) is 0 Å². The van der Waals surface area contributed by atoms with E-state index in [2.05, 4.69) is 26.1 Å². The van der Waals surface area contributed by atoms with Gasteiger partial charge in [0.15, 0.2) is 6.10 Å². The highest BCUT2D eigenvalue weighted by Gasteiger charge is 2.16. The number of rotatable bonds is 4. The van der Waals surface area contributed by atoms with E-state index >= 15 is 0 Å². The van der Waals surface area contributed by atoms with Crippen molar-refractivity contribution in [3.05, 3.63) is 64.5 Å². The molecule has 0 amide bonds. The Morgan fingerprint density at radius 3 is 2.64 bits per heavy atom. The first kappa shape index (κ1) is 14.8. The number of halogens is 1. The van der Waals surface area contributed by atoms with Crippen LogP contribution in [0.3, 0.4) is 0 Å². The van der Waals surface area contributed by atoms with E-state index in [1.807, 2.05) is 62.4 Å². The van der Waals surface area contributed by atoms with Crippen LogP contribution in [0.15, 0.2) is 57.5 Å². The molecule has 22 heavy (non-hydrogen) atoms. The second-order valence-corrected chi connectivity index (χ2v) is 5.96. The van der Waals surface area contributed by atoms with Gasteiger partial charge in [-0.2, -0.15) is 4.98 Å². The lowest BCUT2D eigenvalue weighted by Crippen LogP contribution is -2.03. The third-order valence-corrected chi connectivity index (χ3v) is 3.72. The summed E-state index contributed by atoms with van der Waals surface area (Å²) in [6.45, 7) is 3.91. The standard InChI is InChI=1S/C17H15BrN2O2/c1-11-4-3-5-15(10-11)21-12(2)17-19-16(20-22-17)13-6-8-14(18)9-7-13/h3-10,12H,1-2H3. The molecular weight excluding hydrogens is 344 g/mol. The Morgan fingerprint density at radius 2 is 1.91 bits per heavy atom.